The maximum absolute atomic E-state index is 13.3. The molecule has 1 atom stereocenters. The van der Waals surface area contributed by atoms with Crippen LogP contribution in [-0.4, -0.2) is 26.0 Å². The van der Waals surface area contributed by atoms with Crippen LogP contribution in [0.25, 0.3) is 5.70 Å². The molecule has 4 rings (SSSR count). The van der Waals surface area contributed by atoms with Crippen LogP contribution >= 0.6 is 0 Å². The van der Waals surface area contributed by atoms with Gasteiger partial charge in [-0.3, -0.25) is 4.79 Å². The standard InChI is InChI=1S/C23H21NO4/c1-12-11-14(9-10-17(12)27-3)19-18(23(26)28-4)13(2)24-21-15-7-5-6-8-16(15)22(25)20(19)21/h5-11,19,24H,1-4H3/t19-/m1/s1. The number of benzene rings is 2. The summed E-state index contributed by atoms with van der Waals surface area (Å²) in [6.07, 6.45) is 0. The van der Waals surface area contributed by atoms with Crippen molar-refractivity contribution in [3.05, 3.63) is 81.6 Å². The number of allylic oxidation sites excluding steroid dienone is 2. The molecule has 0 aromatic heterocycles. The molecule has 1 aliphatic carbocycles. The number of hydrogen-bond acceptors (Lipinski definition) is 5. The molecular weight excluding hydrogens is 354 g/mol. The topological polar surface area (TPSA) is 64.6 Å². The van der Waals surface area contributed by atoms with E-state index in [0.717, 1.165) is 28.1 Å². The third kappa shape index (κ3) is 2.54. The zero-order valence-corrected chi connectivity index (χ0v) is 16.3. The van der Waals surface area contributed by atoms with Gasteiger partial charge in [-0.2, -0.15) is 0 Å². The SMILES string of the molecule is COC(=O)C1=C(C)NC2=C(C(=O)c3ccccc32)[C@@H]1c1ccc(OC)c(C)c1. The van der Waals surface area contributed by atoms with Gasteiger partial charge in [-0.15, -0.1) is 0 Å². The highest BCUT2D eigenvalue weighted by atomic mass is 16.5. The Morgan fingerprint density at radius 3 is 2.39 bits per heavy atom. The Morgan fingerprint density at radius 1 is 1.04 bits per heavy atom. The summed E-state index contributed by atoms with van der Waals surface area (Å²) in [7, 11) is 2.97. The number of aryl methyl sites for hydroxylation is 1. The highest BCUT2D eigenvalue weighted by Gasteiger charge is 2.42. The summed E-state index contributed by atoms with van der Waals surface area (Å²) in [4.78, 5) is 25.9. The molecule has 1 aliphatic heterocycles. The number of Topliss-reactive ketones (excluding diaryl/α,β-unsaturated/α-hetero) is 1. The van der Waals surface area contributed by atoms with Crippen LogP contribution in [0.3, 0.4) is 0 Å². The number of nitrogens with one attached hydrogen (secondary N) is 1. The number of ketones is 1. The van der Waals surface area contributed by atoms with Crippen molar-refractivity contribution >= 4 is 17.4 Å². The minimum atomic E-state index is -0.506. The van der Waals surface area contributed by atoms with Crippen molar-refractivity contribution in [2.24, 2.45) is 0 Å². The molecule has 0 spiro atoms. The van der Waals surface area contributed by atoms with Gasteiger partial charge in [0.1, 0.15) is 5.75 Å². The lowest BCUT2D eigenvalue weighted by atomic mass is 9.79. The van der Waals surface area contributed by atoms with E-state index in [9.17, 15) is 9.59 Å². The Kier molecular flexibility index (Phi) is 4.30. The molecule has 1 N–H and O–H groups in total. The summed E-state index contributed by atoms with van der Waals surface area (Å²) < 4.78 is 10.4. The number of ether oxygens (including phenoxy) is 2. The highest BCUT2D eigenvalue weighted by molar-refractivity contribution is 6.23. The summed E-state index contributed by atoms with van der Waals surface area (Å²) in [5, 5.41) is 3.28. The number of carbonyl (C=O) groups excluding carboxylic acids is 2. The average molecular weight is 375 g/mol. The lowest BCUT2D eigenvalue weighted by Gasteiger charge is -2.29. The molecule has 5 nitrogen and oxygen atoms in total. The Morgan fingerprint density at radius 2 is 1.75 bits per heavy atom. The van der Waals surface area contributed by atoms with Gasteiger partial charge in [-0.1, -0.05) is 36.4 Å². The van der Waals surface area contributed by atoms with Crippen LogP contribution in [0.15, 0.2) is 59.3 Å². The first-order valence-electron chi connectivity index (χ1n) is 9.06. The quantitative estimate of drug-likeness (QED) is 0.828. The normalized spacial score (nSPS) is 17.9. The van der Waals surface area contributed by atoms with Crippen LogP contribution in [0.1, 0.15) is 39.9 Å². The van der Waals surface area contributed by atoms with Crippen LogP contribution in [0.5, 0.6) is 5.75 Å². The molecule has 142 valence electrons. The second kappa shape index (κ2) is 6.68. The van der Waals surface area contributed by atoms with Gasteiger partial charge in [0.05, 0.1) is 25.5 Å². The van der Waals surface area contributed by atoms with Gasteiger partial charge in [0, 0.05) is 28.3 Å². The number of rotatable bonds is 3. The summed E-state index contributed by atoms with van der Waals surface area (Å²) in [5.74, 6) is -0.259. The number of methoxy groups -OCH3 is 2. The first-order valence-corrected chi connectivity index (χ1v) is 9.06. The van der Waals surface area contributed by atoms with Crippen molar-refractivity contribution < 1.29 is 19.1 Å². The van der Waals surface area contributed by atoms with Gasteiger partial charge in [-0.05, 0) is 31.0 Å². The molecule has 0 radical (unpaired) electrons. The van der Waals surface area contributed by atoms with E-state index in [1.54, 1.807) is 7.11 Å². The predicted molar refractivity (Wildman–Crippen MR) is 106 cm³/mol. The van der Waals surface area contributed by atoms with Crippen molar-refractivity contribution in [3.8, 4) is 5.75 Å². The zero-order chi connectivity index (χ0) is 20.0. The molecule has 1 heterocycles. The van der Waals surface area contributed by atoms with Crippen molar-refractivity contribution in [1.82, 2.24) is 5.32 Å². The van der Waals surface area contributed by atoms with Gasteiger partial charge in [0.2, 0.25) is 0 Å². The largest absolute Gasteiger partial charge is 0.496 e. The minimum absolute atomic E-state index is 0.0644. The number of esters is 1. The predicted octanol–water partition coefficient (Wildman–Crippen LogP) is 3.75. The fraction of sp³-hybridized carbons (Fsp3) is 0.217. The molecule has 5 heteroatoms. The highest BCUT2D eigenvalue weighted by Crippen LogP contribution is 2.47. The summed E-state index contributed by atoms with van der Waals surface area (Å²) >= 11 is 0. The van der Waals surface area contributed by atoms with Gasteiger partial charge < -0.3 is 14.8 Å². The Hall–Kier alpha value is -3.34. The third-order valence-electron chi connectivity index (χ3n) is 5.41. The van der Waals surface area contributed by atoms with Crippen LogP contribution in [0.2, 0.25) is 0 Å². The van der Waals surface area contributed by atoms with E-state index in [0.29, 0.717) is 22.4 Å². The smallest absolute Gasteiger partial charge is 0.336 e. The molecule has 0 bridgehead atoms. The molecule has 28 heavy (non-hydrogen) atoms. The number of dihydropyridines is 1. The molecule has 0 fully saturated rings. The zero-order valence-electron chi connectivity index (χ0n) is 16.3. The molecule has 0 amide bonds. The van der Waals surface area contributed by atoms with E-state index in [-0.39, 0.29) is 5.78 Å². The monoisotopic (exact) mass is 375 g/mol. The Bertz CT molecular complexity index is 1080. The molecule has 2 aromatic rings. The fourth-order valence-electron chi connectivity index (χ4n) is 4.12. The molecular formula is C23H21NO4. The molecule has 0 saturated carbocycles. The van der Waals surface area contributed by atoms with E-state index >= 15 is 0 Å². The maximum atomic E-state index is 13.3. The second-order valence-electron chi connectivity index (χ2n) is 6.98. The maximum Gasteiger partial charge on any atom is 0.336 e. The van der Waals surface area contributed by atoms with Crippen LogP contribution in [0.4, 0.5) is 0 Å². The third-order valence-corrected chi connectivity index (χ3v) is 5.41. The van der Waals surface area contributed by atoms with Crippen LogP contribution in [0, 0.1) is 6.92 Å². The van der Waals surface area contributed by atoms with Crippen LogP contribution in [-0.2, 0) is 9.53 Å². The van der Waals surface area contributed by atoms with Crippen LogP contribution < -0.4 is 10.1 Å². The van der Waals surface area contributed by atoms with Crippen molar-refractivity contribution in [1.29, 1.82) is 0 Å². The lowest BCUT2D eigenvalue weighted by molar-refractivity contribution is -0.136. The molecule has 0 saturated heterocycles. The average Bonchev–Trinajstić information content (AvgIpc) is 2.98. The Balaban J connectivity index is 1.95. The Labute approximate surface area is 163 Å². The van der Waals surface area contributed by atoms with E-state index < -0.39 is 11.9 Å². The van der Waals surface area contributed by atoms with Crippen molar-refractivity contribution in [3.63, 3.8) is 0 Å². The number of fused-ring (bicyclic) bond motifs is 2. The minimum Gasteiger partial charge on any atom is -0.496 e. The number of carbonyl (C=O) groups is 2. The summed E-state index contributed by atoms with van der Waals surface area (Å²) in [6, 6.07) is 13.2. The van der Waals surface area contributed by atoms with Crippen molar-refractivity contribution in [2.45, 2.75) is 19.8 Å². The van der Waals surface area contributed by atoms with Gasteiger partial charge >= 0.3 is 5.97 Å². The first-order chi connectivity index (χ1) is 13.5. The lowest BCUT2D eigenvalue weighted by Crippen LogP contribution is -2.29. The second-order valence-corrected chi connectivity index (χ2v) is 6.98. The fourth-order valence-corrected chi connectivity index (χ4v) is 4.12. The molecule has 0 unspecified atom stereocenters. The van der Waals surface area contributed by atoms with Gasteiger partial charge in [-0.25, -0.2) is 4.79 Å². The molecule has 2 aliphatic rings. The first kappa shape index (κ1) is 18.0. The summed E-state index contributed by atoms with van der Waals surface area (Å²) in [5.41, 5.74) is 5.79. The molecule has 2 aromatic carbocycles. The van der Waals surface area contributed by atoms with E-state index in [2.05, 4.69) is 5.32 Å². The van der Waals surface area contributed by atoms with Gasteiger partial charge in [0.25, 0.3) is 0 Å². The van der Waals surface area contributed by atoms with E-state index in [1.165, 1.54) is 7.11 Å². The van der Waals surface area contributed by atoms with Gasteiger partial charge in [0.15, 0.2) is 5.78 Å². The van der Waals surface area contributed by atoms with Crippen molar-refractivity contribution in [2.75, 3.05) is 14.2 Å². The summed E-state index contributed by atoms with van der Waals surface area (Å²) in [6.45, 7) is 3.78. The van der Waals surface area contributed by atoms with E-state index in [4.69, 9.17) is 9.47 Å². The van der Waals surface area contributed by atoms with E-state index in [1.807, 2.05) is 56.3 Å². The number of hydrogen-bond donors (Lipinski definition) is 1.